The zero-order valence-electron chi connectivity index (χ0n) is 12.6. The van der Waals surface area contributed by atoms with Gasteiger partial charge in [-0.1, -0.05) is 12.1 Å². The number of nitrogens with zero attached hydrogens (tertiary/aromatic N) is 1. The Kier molecular flexibility index (Phi) is 11.8. The van der Waals surface area contributed by atoms with E-state index >= 15 is 0 Å². The van der Waals surface area contributed by atoms with Gasteiger partial charge in [0.1, 0.15) is 0 Å². The molecule has 1 aromatic carbocycles. The zero-order valence-corrected chi connectivity index (χ0v) is 15.1. The molecule has 1 amide bonds. The van der Waals surface area contributed by atoms with E-state index in [1.165, 1.54) is 17.1 Å². The number of carbonyl (C=O) groups is 1. The van der Waals surface area contributed by atoms with E-state index in [-0.39, 0.29) is 30.7 Å². The third-order valence-corrected chi connectivity index (χ3v) is 4.27. The minimum absolute atomic E-state index is 0. The van der Waals surface area contributed by atoms with Crippen LogP contribution in [0.25, 0.3) is 0 Å². The maximum atomic E-state index is 11.7. The highest BCUT2D eigenvalue weighted by Crippen LogP contribution is 2.16. The Morgan fingerprint density at radius 3 is 2.68 bits per heavy atom. The average Bonchev–Trinajstić information content (AvgIpc) is 2.46. The number of carbonyl (C=O) groups excluding carboxylic acids is 1. The first kappa shape index (κ1) is 21.5. The number of benzene rings is 1. The second kappa shape index (κ2) is 12.0. The first-order chi connectivity index (χ1) is 9.78. The molecule has 126 valence electrons. The van der Waals surface area contributed by atoms with Crippen LogP contribution in [0.4, 0.5) is 5.69 Å². The summed E-state index contributed by atoms with van der Waals surface area (Å²) in [6.45, 7) is 3.82. The van der Waals surface area contributed by atoms with Crippen molar-refractivity contribution < 1.29 is 4.79 Å². The first-order valence-corrected chi connectivity index (χ1v) is 8.32. The van der Waals surface area contributed by atoms with Crippen LogP contribution in [0.2, 0.25) is 0 Å². The molecule has 7 heteroatoms. The Bertz CT molecular complexity index is 443. The van der Waals surface area contributed by atoms with Gasteiger partial charge in [0, 0.05) is 43.2 Å². The summed E-state index contributed by atoms with van der Waals surface area (Å²) < 4.78 is 0. The molecule has 0 bridgehead atoms. The predicted molar refractivity (Wildman–Crippen MR) is 100 cm³/mol. The first-order valence-electron chi connectivity index (χ1n) is 7.17. The molecule has 1 aromatic rings. The van der Waals surface area contributed by atoms with Crippen molar-refractivity contribution in [3.05, 3.63) is 29.8 Å². The van der Waals surface area contributed by atoms with Gasteiger partial charge in [-0.15, -0.1) is 24.8 Å². The molecule has 0 aliphatic carbocycles. The third-order valence-electron chi connectivity index (χ3n) is 3.33. The number of nitrogens with two attached hydrogens (primary N) is 1. The second-order valence-electron chi connectivity index (χ2n) is 5.03. The molecule has 1 heterocycles. The molecule has 1 fully saturated rings. The highest BCUT2D eigenvalue weighted by atomic mass is 35.5. The maximum absolute atomic E-state index is 11.7. The number of rotatable bonds is 6. The summed E-state index contributed by atoms with van der Waals surface area (Å²) >= 11 is 2.02. The fraction of sp³-hybridized carbons (Fsp3) is 0.533. The van der Waals surface area contributed by atoms with E-state index in [2.05, 4.69) is 22.3 Å². The van der Waals surface area contributed by atoms with Crippen LogP contribution in [0.5, 0.6) is 0 Å². The molecule has 1 saturated heterocycles. The van der Waals surface area contributed by atoms with Gasteiger partial charge in [-0.2, -0.15) is 11.8 Å². The van der Waals surface area contributed by atoms with Gasteiger partial charge in [-0.3, -0.25) is 9.69 Å². The van der Waals surface area contributed by atoms with Gasteiger partial charge in [0.25, 0.3) is 0 Å². The van der Waals surface area contributed by atoms with Crippen LogP contribution in [0.1, 0.15) is 18.4 Å². The molecule has 0 aromatic heterocycles. The zero-order chi connectivity index (χ0) is 14.2. The molecule has 1 aliphatic heterocycles. The quantitative estimate of drug-likeness (QED) is 0.813. The summed E-state index contributed by atoms with van der Waals surface area (Å²) in [5, 5.41) is 2.94. The van der Waals surface area contributed by atoms with E-state index in [0.29, 0.717) is 13.0 Å². The lowest BCUT2D eigenvalue weighted by Gasteiger charge is -2.26. The van der Waals surface area contributed by atoms with E-state index in [0.717, 1.165) is 31.7 Å². The van der Waals surface area contributed by atoms with Gasteiger partial charge in [0.05, 0.1) is 0 Å². The van der Waals surface area contributed by atoms with E-state index < -0.39 is 0 Å². The van der Waals surface area contributed by atoms with Gasteiger partial charge in [-0.25, -0.2) is 0 Å². The summed E-state index contributed by atoms with van der Waals surface area (Å²) in [7, 11) is 0. The monoisotopic (exact) mass is 365 g/mol. The molecule has 22 heavy (non-hydrogen) atoms. The number of hydrogen-bond acceptors (Lipinski definition) is 4. The van der Waals surface area contributed by atoms with Gasteiger partial charge in [0.2, 0.25) is 5.91 Å². The maximum Gasteiger partial charge on any atom is 0.224 e. The van der Waals surface area contributed by atoms with Crippen LogP contribution in [0.3, 0.4) is 0 Å². The van der Waals surface area contributed by atoms with Crippen molar-refractivity contribution in [1.29, 1.82) is 0 Å². The lowest BCUT2D eigenvalue weighted by Crippen LogP contribution is -2.31. The lowest BCUT2D eigenvalue weighted by molar-refractivity contribution is -0.116. The number of hydrogen-bond donors (Lipinski definition) is 2. The smallest absolute Gasteiger partial charge is 0.224 e. The second-order valence-corrected chi connectivity index (χ2v) is 6.25. The van der Waals surface area contributed by atoms with E-state index in [4.69, 9.17) is 5.73 Å². The molecule has 0 spiro atoms. The fourth-order valence-corrected chi connectivity index (χ4v) is 3.23. The Labute approximate surface area is 149 Å². The van der Waals surface area contributed by atoms with Crippen LogP contribution in [0, 0.1) is 0 Å². The Morgan fingerprint density at radius 2 is 2.00 bits per heavy atom. The van der Waals surface area contributed by atoms with Crippen molar-refractivity contribution in [2.75, 3.05) is 36.5 Å². The summed E-state index contributed by atoms with van der Waals surface area (Å²) in [4.78, 5) is 14.2. The van der Waals surface area contributed by atoms with Gasteiger partial charge in [-0.05, 0) is 30.7 Å². The van der Waals surface area contributed by atoms with Crippen molar-refractivity contribution in [1.82, 2.24) is 4.90 Å². The van der Waals surface area contributed by atoms with Gasteiger partial charge >= 0.3 is 0 Å². The van der Waals surface area contributed by atoms with Crippen molar-refractivity contribution in [3.63, 3.8) is 0 Å². The number of thioether (sulfide) groups is 1. The third kappa shape index (κ3) is 7.70. The Hall–Kier alpha value is -0.460. The van der Waals surface area contributed by atoms with E-state index in [1.807, 2.05) is 23.9 Å². The molecular formula is C15H25Cl2N3OS. The standard InChI is InChI=1S/C15H23N3OS.2ClH/c16-6-2-5-15(19)17-14-4-1-3-13(11-14)12-18-7-9-20-10-8-18;;/h1,3-4,11H,2,5-10,12,16H2,(H,17,19);2*1H. The van der Waals surface area contributed by atoms with Crippen LogP contribution in [0.15, 0.2) is 24.3 Å². The van der Waals surface area contributed by atoms with Crippen molar-refractivity contribution in [2.24, 2.45) is 5.73 Å². The van der Waals surface area contributed by atoms with Crippen molar-refractivity contribution >= 4 is 48.2 Å². The topological polar surface area (TPSA) is 58.4 Å². The van der Waals surface area contributed by atoms with E-state index in [9.17, 15) is 4.79 Å². The lowest BCUT2D eigenvalue weighted by atomic mass is 10.1. The summed E-state index contributed by atoms with van der Waals surface area (Å²) in [6.07, 6.45) is 1.22. The Morgan fingerprint density at radius 1 is 1.27 bits per heavy atom. The minimum Gasteiger partial charge on any atom is -0.330 e. The number of halogens is 2. The van der Waals surface area contributed by atoms with Gasteiger partial charge in [0.15, 0.2) is 0 Å². The highest BCUT2D eigenvalue weighted by Gasteiger charge is 2.11. The van der Waals surface area contributed by atoms with Gasteiger partial charge < -0.3 is 11.1 Å². The molecule has 0 radical (unpaired) electrons. The largest absolute Gasteiger partial charge is 0.330 e. The fourth-order valence-electron chi connectivity index (χ4n) is 2.25. The van der Waals surface area contributed by atoms with Crippen LogP contribution < -0.4 is 11.1 Å². The Balaban J connectivity index is 0.00000220. The average molecular weight is 366 g/mol. The van der Waals surface area contributed by atoms with E-state index in [1.54, 1.807) is 0 Å². The van der Waals surface area contributed by atoms with Crippen LogP contribution in [-0.2, 0) is 11.3 Å². The number of anilines is 1. The molecule has 1 aliphatic rings. The summed E-state index contributed by atoms with van der Waals surface area (Å²) in [6, 6.07) is 8.14. The van der Waals surface area contributed by atoms with Crippen molar-refractivity contribution in [3.8, 4) is 0 Å². The highest BCUT2D eigenvalue weighted by molar-refractivity contribution is 7.99. The normalized spacial score (nSPS) is 14.6. The predicted octanol–water partition coefficient (Wildman–Crippen LogP) is 2.76. The number of nitrogens with one attached hydrogen (secondary N) is 1. The summed E-state index contributed by atoms with van der Waals surface area (Å²) in [5.41, 5.74) is 7.55. The molecule has 0 atom stereocenters. The van der Waals surface area contributed by atoms with Crippen LogP contribution >= 0.6 is 36.6 Å². The molecule has 0 unspecified atom stereocenters. The molecule has 0 saturated carbocycles. The molecule has 4 nitrogen and oxygen atoms in total. The SMILES string of the molecule is Cl.Cl.NCCCC(=O)Nc1cccc(CN2CCSCC2)c1. The number of amides is 1. The molecule has 3 N–H and O–H groups in total. The van der Waals surface area contributed by atoms with Crippen molar-refractivity contribution in [2.45, 2.75) is 19.4 Å². The minimum atomic E-state index is 0. The molecule has 2 rings (SSSR count). The summed E-state index contributed by atoms with van der Waals surface area (Å²) in [5.74, 6) is 2.48. The van der Waals surface area contributed by atoms with Crippen LogP contribution in [-0.4, -0.2) is 41.9 Å². The molecular weight excluding hydrogens is 341 g/mol.